The van der Waals surface area contributed by atoms with Gasteiger partial charge in [-0.2, -0.15) is 0 Å². The Morgan fingerprint density at radius 2 is 2.24 bits per heavy atom. The Morgan fingerprint density at radius 3 is 2.88 bits per heavy atom. The zero-order valence-electron chi connectivity index (χ0n) is 10.7. The van der Waals surface area contributed by atoms with Gasteiger partial charge in [-0.15, -0.1) is 0 Å². The van der Waals surface area contributed by atoms with Crippen molar-refractivity contribution in [3.8, 4) is 0 Å². The van der Waals surface area contributed by atoms with Crippen LogP contribution in [-0.4, -0.2) is 35.3 Å². The lowest BCUT2D eigenvalue weighted by molar-refractivity contribution is -0.0281. The molecule has 2 heterocycles. The van der Waals surface area contributed by atoms with Crippen molar-refractivity contribution in [3.63, 3.8) is 0 Å². The Kier molecular flexibility index (Phi) is 3.31. The second-order valence-electron chi connectivity index (χ2n) is 5.03. The van der Waals surface area contributed by atoms with Crippen LogP contribution in [0.25, 0.3) is 0 Å². The second kappa shape index (κ2) is 4.58. The summed E-state index contributed by atoms with van der Waals surface area (Å²) in [7, 11) is 0. The van der Waals surface area contributed by atoms with Gasteiger partial charge in [-0.1, -0.05) is 0 Å². The number of nitrogens with two attached hydrogens (primary N) is 1. The summed E-state index contributed by atoms with van der Waals surface area (Å²) in [6.45, 7) is 8.93. The summed E-state index contributed by atoms with van der Waals surface area (Å²) in [6.07, 6.45) is 0. The molecule has 0 atom stereocenters. The molecule has 0 unspecified atom stereocenters. The van der Waals surface area contributed by atoms with Crippen LogP contribution in [0, 0.1) is 6.92 Å². The number of aromatic nitrogens is 2. The molecule has 5 nitrogen and oxygen atoms in total. The largest absolute Gasteiger partial charge is 0.372 e. The molecule has 5 heteroatoms. The normalized spacial score (nSPS) is 19.4. The third kappa shape index (κ3) is 2.92. The van der Waals surface area contributed by atoms with Crippen molar-refractivity contribution in [2.45, 2.75) is 32.9 Å². The minimum absolute atomic E-state index is 0.145. The van der Waals surface area contributed by atoms with Gasteiger partial charge in [-0.3, -0.25) is 0 Å². The third-order valence-corrected chi connectivity index (χ3v) is 2.81. The highest BCUT2D eigenvalue weighted by atomic mass is 16.5. The first-order valence-electron chi connectivity index (χ1n) is 5.94. The fraction of sp³-hybridized carbons (Fsp3) is 0.667. The van der Waals surface area contributed by atoms with Gasteiger partial charge in [-0.05, 0) is 26.8 Å². The molecule has 0 aromatic carbocycles. The van der Waals surface area contributed by atoms with E-state index in [1.165, 1.54) is 0 Å². The van der Waals surface area contributed by atoms with E-state index in [4.69, 9.17) is 10.5 Å². The molecule has 0 bridgehead atoms. The van der Waals surface area contributed by atoms with Crippen LogP contribution < -0.4 is 10.6 Å². The molecule has 17 heavy (non-hydrogen) atoms. The lowest BCUT2D eigenvalue weighted by Crippen LogP contribution is -2.49. The number of rotatable bonds is 2. The van der Waals surface area contributed by atoms with Crippen LogP contribution in [0.5, 0.6) is 0 Å². The first-order chi connectivity index (χ1) is 8.00. The van der Waals surface area contributed by atoms with Crippen molar-refractivity contribution in [2.75, 3.05) is 24.6 Å². The van der Waals surface area contributed by atoms with Crippen LogP contribution in [0.3, 0.4) is 0 Å². The molecule has 0 saturated carbocycles. The number of hydrogen-bond donors (Lipinski definition) is 1. The van der Waals surface area contributed by atoms with E-state index in [1.54, 1.807) is 0 Å². The predicted molar refractivity (Wildman–Crippen MR) is 66.9 cm³/mol. The zero-order chi connectivity index (χ0) is 12.5. The van der Waals surface area contributed by atoms with Crippen LogP contribution in [0.4, 0.5) is 5.95 Å². The summed E-state index contributed by atoms with van der Waals surface area (Å²) in [5.74, 6) is 0.766. The van der Waals surface area contributed by atoms with Crippen molar-refractivity contribution in [3.05, 3.63) is 17.5 Å². The maximum atomic E-state index is 5.68. The first kappa shape index (κ1) is 12.3. The van der Waals surface area contributed by atoms with Crippen LogP contribution in [-0.2, 0) is 11.3 Å². The first-order valence-corrected chi connectivity index (χ1v) is 5.94. The molecule has 94 valence electrons. The van der Waals surface area contributed by atoms with E-state index in [0.29, 0.717) is 13.2 Å². The summed E-state index contributed by atoms with van der Waals surface area (Å²) in [6, 6.07) is 1.93. The summed E-state index contributed by atoms with van der Waals surface area (Å²) < 4.78 is 5.68. The number of anilines is 1. The molecule has 1 aliphatic heterocycles. The second-order valence-corrected chi connectivity index (χ2v) is 5.03. The lowest BCUT2D eigenvalue weighted by Gasteiger charge is -2.38. The van der Waals surface area contributed by atoms with Gasteiger partial charge in [0.1, 0.15) is 0 Å². The Hall–Kier alpha value is -1.20. The minimum atomic E-state index is -0.145. The van der Waals surface area contributed by atoms with Gasteiger partial charge in [0, 0.05) is 25.3 Å². The predicted octanol–water partition coefficient (Wildman–Crippen LogP) is 0.859. The Bertz CT molecular complexity index is 405. The molecule has 0 radical (unpaired) electrons. The Balaban J connectivity index is 2.24. The molecule has 0 aliphatic carbocycles. The van der Waals surface area contributed by atoms with Gasteiger partial charge >= 0.3 is 0 Å². The van der Waals surface area contributed by atoms with Gasteiger partial charge in [-0.25, -0.2) is 9.97 Å². The summed E-state index contributed by atoms with van der Waals surface area (Å²) in [5.41, 5.74) is 7.34. The number of aryl methyl sites for hydroxylation is 1. The van der Waals surface area contributed by atoms with Crippen LogP contribution in [0.2, 0.25) is 0 Å². The summed E-state index contributed by atoms with van der Waals surface area (Å²) in [5, 5.41) is 0. The van der Waals surface area contributed by atoms with Crippen molar-refractivity contribution in [2.24, 2.45) is 5.73 Å². The van der Waals surface area contributed by atoms with E-state index < -0.39 is 0 Å². The molecule has 1 aromatic heterocycles. The van der Waals surface area contributed by atoms with E-state index in [1.807, 2.05) is 13.0 Å². The molecule has 0 spiro atoms. The van der Waals surface area contributed by atoms with E-state index in [0.717, 1.165) is 30.4 Å². The van der Waals surface area contributed by atoms with Gasteiger partial charge in [0.25, 0.3) is 0 Å². The highest BCUT2D eigenvalue weighted by molar-refractivity contribution is 5.33. The topological polar surface area (TPSA) is 64.3 Å². The Morgan fingerprint density at radius 1 is 1.47 bits per heavy atom. The maximum Gasteiger partial charge on any atom is 0.225 e. The average Bonchev–Trinajstić information content (AvgIpc) is 2.27. The van der Waals surface area contributed by atoms with Gasteiger partial charge in [0.2, 0.25) is 5.95 Å². The third-order valence-electron chi connectivity index (χ3n) is 2.81. The lowest BCUT2D eigenvalue weighted by atomic mass is 10.1. The van der Waals surface area contributed by atoms with Crippen LogP contribution in [0.15, 0.2) is 6.07 Å². The monoisotopic (exact) mass is 236 g/mol. The standard InChI is InChI=1S/C12H20N4O/c1-9-6-10(7-13)15-11(14-9)16-4-5-17-12(2,3)8-16/h6H,4-5,7-8,13H2,1-3H3. The maximum absolute atomic E-state index is 5.68. The number of hydrogen-bond acceptors (Lipinski definition) is 5. The van der Waals surface area contributed by atoms with Gasteiger partial charge < -0.3 is 15.4 Å². The van der Waals surface area contributed by atoms with Crippen molar-refractivity contribution in [1.29, 1.82) is 0 Å². The molecule has 0 amide bonds. The number of nitrogens with zero attached hydrogens (tertiary/aromatic N) is 3. The fourth-order valence-electron chi connectivity index (χ4n) is 2.05. The summed E-state index contributed by atoms with van der Waals surface area (Å²) in [4.78, 5) is 11.1. The Labute approximate surface area is 102 Å². The van der Waals surface area contributed by atoms with E-state index in [2.05, 4.69) is 28.7 Å². The minimum Gasteiger partial charge on any atom is -0.372 e. The molecular formula is C12H20N4O. The number of morpholine rings is 1. The molecule has 2 N–H and O–H groups in total. The molecule has 1 aliphatic rings. The number of ether oxygens (including phenoxy) is 1. The molecule has 1 aromatic rings. The van der Waals surface area contributed by atoms with Crippen molar-refractivity contribution < 1.29 is 4.74 Å². The van der Waals surface area contributed by atoms with Gasteiger partial charge in [0.15, 0.2) is 0 Å². The van der Waals surface area contributed by atoms with E-state index in [9.17, 15) is 0 Å². The quantitative estimate of drug-likeness (QED) is 0.825. The van der Waals surface area contributed by atoms with E-state index in [-0.39, 0.29) is 5.60 Å². The van der Waals surface area contributed by atoms with Crippen LogP contribution in [0.1, 0.15) is 25.2 Å². The SMILES string of the molecule is Cc1cc(CN)nc(N2CCOC(C)(C)C2)n1. The van der Waals surface area contributed by atoms with Crippen molar-refractivity contribution in [1.82, 2.24) is 9.97 Å². The average molecular weight is 236 g/mol. The molecular weight excluding hydrogens is 216 g/mol. The summed E-state index contributed by atoms with van der Waals surface area (Å²) >= 11 is 0. The highest BCUT2D eigenvalue weighted by Gasteiger charge is 2.28. The zero-order valence-corrected chi connectivity index (χ0v) is 10.7. The smallest absolute Gasteiger partial charge is 0.225 e. The molecule has 2 rings (SSSR count). The molecule has 1 fully saturated rings. The highest BCUT2D eigenvalue weighted by Crippen LogP contribution is 2.20. The molecule has 1 saturated heterocycles. The van der Waals surface area contributed by atoms with Gasteiger partial charge in [0.05, 0.1) is 17.9 Å². The van der Waals surface area contributed by atoms with E-state index >= 15 is 0 Å². The van der Waals surface area contributed by atoms with Crippen LogP contribution >= 0.6 is 0 Å². The fourth-order valence-corrected chi connectivity index (χ4v) is 2.05. The van der Waals surface area contributed by atoms with Crippen molar-refractivity contribution >= 4 is 5.95 Å².